The largest absolute Gasteiger partial charge is 0.392 e. The number of pyridine rings is 1. The van der Waals surface area contributed by atoms with Crippen LogP contribution in [0.1, 0.15) is 49.8 Å². The van der Waals surface area contributed by atoms with Crippen molar-refractivity contribution in [1.29, 1.82) is 0 Å². The summed E-state index contributed by atoms with van der Waals surface area (Å²) in [5.74, 6) is 2.71. The van der Waals surface area contributed by atoms with Crippen LogP contribution in [0.4, 0.5) is 0 Å². The van der Waals surface area contributed by atoms with Crippen LogP contribution in [-0.4, -0.2) is 16.2 Å². The second-order valence-electron chi connectivity index (χ2n) is 7.77. The van der Waals surface area contributed by atoms with Crippen LogP contribution in [0, 0.1) is 30.1 Å². The van der Waals surface area contributed by atoms with Gasteiger partial charge in [-0.3, -0.25) is 4.98 Å². The average molecular weight is 271 g/mol. The summed E-state index contributed by atoms with van der Waals surface area (Å²) in [6.45, 7) is 2.11. The van der Waals surface area contributed by atoms with Crippen LogP contribution >= 0.6 is 0 Å². The molecule has 0 saturated heterocycles. The Morgan fingerprint density at radius 1 is 1.20 bits per heavy atom. The number of aryl methyl sites for hydroxylation is 1. The average Bonchev–Trinajstić information content (AvgIpc) is 2.40. The number of aliphatic hydroxyl groups is 1. The van der Waals surface area contributed by atoms with Gasteiger partial charge in [0, 0.05) is 18.3 Å². The molecule has 20 heavy (non-hydrogen) atoms. The van der Waals surface area contributed by atoms with Crippen LogP contribution in [0.25, 0.3) is 0 Å². The molecule has 2 nitrogen and oxygen atoms in total. The van der Waals surface area contributed by atoms with Gasteiger partial charge in [-0.15, -0.1) is 0 Å². The van der Waals surface area contributed by atoms with Gasteiger partial charge in [-0.2, -0.15) is 0 Å². The zero-order valence-corrected chi connectivity index (χ0v) is 12.4. The summed E-state index contributed by atoms with van der Waals surface area (Å²) in [6, 6.07) is 4.09. The van der Waals surface area contributed by atoms with Crippen molar-refractivity contribution in [3.8, 4) is 0 Å². The molecule has 0 aromatic carbocycles. The summed E-state index contributed by atoms with van der Waals surface area (Å²) in [5, 5.41) is 11.0. The van der Waals surface area contributed by atoms with Crippen LogP contribution < -0.4 is 0 Å². The lowest BCUT2D eigenvalue weighted by Crippen LogP contribution is -2.52. The number of hydrogen-bond donors (Lipinski definition) is 1. The van der Waals surface area contributed by atoms with Crippen molar-refractivity contribution in [1.82, 2.24) is 4.98 Å². The second kappa shape index (κ2) is 4.56. The monoisotopic (exact) mass is 271 g/mol. The van der Waals surface area contributed by atoms with E-state index in [2.05, 4.69) is 18.0 Å². The Morgan fingerprint density at radius 2 is 1.80 bits per heavy atom. The van der Waals surface area contributed by atoms with E-state index in [1.807, 2.05) is 12.3 Å². The van der Waals surface area contributed by atoms with E-state index in [-0.39, 0.29) is 11.5 Å². The smallest absolute Gasteiger partial charge is 0.0652 e. The van der Waals surface area contributed by atoms with Crippen LogP contribution in [0.15, 0.2) is 18.3 Å². The molecule has 5 rings (SSSR count). The molecule has 0 spiro atoms. The van der Waals surface area contributed by atoms with Crippen molar-refractivity contribution in [3.05, 3.63) is 29.6 Å². The van der Waals surface area contributed by atoms with Crippen LogP contribution in [-0.2, 0) is 6.42 Å². The fourth-order valence-electron chi connectivity index (χ4n) is 5.72. The Hall–Kier alpha value is -0.890. The Kier molecular flexibility index (Phi) is 2.92. The molecule has 0 amide bonds. The summed E-state index contributed by atoms with van der Waals surface area (Å²) >= 11 is 0. The lowest BCUT2D eigenvalue weighted by atomic mass is 9.48. The van der Waals surface area contributed by atoms with Crippen LogP contribution in [0.5, 0.6) is 0 Å². The summed E-state index contributed by atoms with van der Waals surface area (Å²) < 4.78 is 0. The van der Waals surface area contributed by atoms with Gasteiger partial charge in [-0.1, -0.05) is 6.07 Å². The quantitative estimate of drug-likeness (QED) is 0.912. The number of rotatable bonds is 3. The fraction of sp³-hybridized carbons (Fsp3) is 0.722. The lowest BCUT2D eigenvalue weighted by molar-refractivity contribution is -0.119. The van der Waals surface area contributed by atoms with E-state index in [0.717, 1.165) is 29.9 Å². The van der Waals surface area contributed by atoms with Crippen molar-refractivity contribution < 1.29 is 5.11 Å². The SMILES string of the molecule is Cc1cccnc1CC(O)C12CC3CC(CC(C3)C1)C2. The normalized spacial score (nSPS) is 40.0. The molecule has 4 fully saturated rings. The zero-order valence-electron chi connectivity index (χ0n) is 12.4. The van der Waals surface area contributed by atoms with E-state index in [9.17, 15) is 5.11 Å². The van der Waals surface area contributed by atoms with Gasteiger partial charge < -0.3 is 5.11 Å². The molecule has 0 aliphatic heterocycles. The maximum Gasteiger partial charge on any atom is 0.0652 e. The molecule has 108 valence electrons. The highest BCUT2D eigenvalue weighted by Crippen LogP contribution is 2.61. The van der Waals surface area contributed by atoms with E-state index < -0.39 is 0 Å². The third-order valence-corrected chi connectivity index (χ3v) is 6.30. The van der Waals surface area contributed by atoms with Crippen molar-refractivity contribution in [2.45, 2.75) is 58.0 Å². The number of aromatic nitrogens is 1. The molecule has 1 unspecified atom stereocenters. The van der Waals surface area contributed by atoms with Crippen molar-refractivity contribution in [2.75, 3.05) is 0 Å². The topological polar surface area (TPSA) is 33.1 Å². The van der Waals surface area contributed by atoms with Crippen molar-refractivity contribution >= 4 is 0 Å². The van der Waals surface area contributed by atoms with Gasteiger partial charge in [-0.25, -0.2) is 0 Å². The van der Waals surface area contributed by atoms with E-state index in [0.29, 0.717) is 0 Å². The standard InChI is InChI=1S/C18H25NO/c1-12-3-2-4-19-16(12)8-17(20)18-9-13-5-14(10-18)7-15(6-13)11-18/h2-4,13-15,17,20H,5-11H2,1H3. The first-order chi connectivity index (χ1) is 9.64. The first-order valence-corrected chi connectivity index (χ1v) is 8.23. The van der Waals surface area contributed by atoms with Crippen LogP contribution in [0.3, 0.4) is 0 Å². The minimum atomic E-state index is -0.190. The van der Waals surface area contributed by atoms with Crippen LogP contribution in [0.2, 0.25) is 0 Å². The molecule has 1 aromatic rings. The van der Waals surface area contributed by atoms with E-state index in [1.165, 1.54) is 44.1 Å². The molecule has 1 aromatic heterocycles. The highest BCUT2D eigenvalue weighted by Gasteiger charge is 2.53. The van der Waals surface area contributed by atoms with Gasteiger partial charge >= 0.3 is 0 Å². The third-order valence-electron chi connectivity index (χ3n) is 6.30. The van der Waals surface area contributed by atoms with Crippen molar-refractivity contribution in [3.63, 3.8) is 0 Å². The molecule has 4 aliphatic rings. The molecule has 0 radical (unpaired) electrons. The summed E-state index contributed by atoms with van der Waals surface area (Å²) in [7, 11) is 0. The maximum absolute atomic E-state index is 11.0. The Bertz CT molecular complexity index is 475. The van der Waals surface area contributed by atoms with E-state index >= 15 is 0 Å². The molecule has 2 heteroatoms. The predicted octanol–water partition coefficient (Wildman–Crippen LogP) is 3.51. The maximum atomic E-state index is 11.0. The predicted molar refractivity (Wildman–Crippen MR) is 79.3 cm³/mol. The Morgan fingerprint density at radius 3 is 2.35 bits per heavy atom. The lowest BCUT2D eigenvalue weighted by Gasteiger charge is -2.58. The fourth-order valence-corrected chi connectivity index (χ4v) is 5.72. The highest BCUT2D eigenvalue weighted by atomic mass is 16.3. The third kappa shape index (κ3) is 2.00. The van der Waals surface area contributed by atoms with Gasteiger partial charge in [-0.05, 0) is 80.2 Å². The molecule has 4 saturated carbocycles. The van der Waals surface area contributed by atoms with E-state index in [1.54, 1.807) is 0 Å². The first kappa shape index (κ1) is 12.8. The minimum Gasteiger partial charge on any atom is -0.392 e. The van der Waals surface area contributed by atoms with Gasteiger partial charge in [0.2, 0.25) is 0 Å². The van der Waals surface area contributed by atoms with Gasteiger partial charge in [0.25, 0.3) is 0 Å². The highest BCUT2D eigenvalue weighted by molar-refractivity contribution is 5.19. The molecule has 4 bridgehead atoms. The molecule has 1 heterocycles. The number of nitrogens with zero attached hydrogens (tertiary/aromatic N) is 1. The molecule has 1 atom stereocenters. The number of aliphatic hydroxyl groups excluding tert-OH is 1. The van der Waals surface area contributed by atoms with Gasteiger partial charge in [0.1, 0.15) is 0 Å². The molecule has 4 aliphatic carbocycles. The molecule has 1 N–H and O–H groups in total. The number of hydrogen-bond acceptors (Lipinski definition) is 2. The Labute approximate surface area is 121 Å². The molecular weight excluding hydrogens is 246 g/mol. The summed E-state index contributed by atoms with van der Waals surface area (Å²) in [6.07, 6.45) is 10.5. The Balaban J connectivity index is 1.56. The van der Waals surface area contributed by atoms with E-state index in [4.69, 9.17) is 0 Å². The zero-order chi connectivity index (χ0) is 13.7. The van der Waals surface area contributed by atoms with Gasteiger partial charge in [0.05, 0.1) is 6.10 Å². The summed E-state index contributed by atoms with van der Waals surface area (Å²) in [4.78, 5) is 4.49. The minimum absolute atomic E-state index is 0.190. The second-order valence-corrected chi connectivity index (χ2v) is 7.77. The molecular formula is C18H25NO. The summed E-state index contributed by atoms with van der Waals surface area (Å²) in [5.41, 5.74) is 2.53. The van der Waals surface area contributed by atoms with Crippen molar-refractivity contribution in [2.24, 2.45) is 23.2 Å². The van der Waals surface area contributed by atoms with Gasteiger partial charge in [0.15, 0.2) is 0 Å². The first-order valence-electron chi connectivity index (χ1n) is 8.23.